The van der Waals surface area contributed by atoms with Gasteiger partial charge in [0.15, 0.2) is 17.2 Å². The van der Waals surface area contributed by atoms with E-state index in [-0.39, 0.29) is 5.70 Å². The van der Waals surface area contributed by atoms with Crippen LogP contribution in [-0.4, -0.2) is 18.5 Å². The average molecular weight is 618 g/mol. The number of aliphatic imine (C=N–C) groups is 1. The Labute approximate surface area is 214 Å². The lowest BCUT2D eigenvalue weighted by atomic mass is 10.1. The fraction of sp³-hybridized carbons (Fsp3) is 0.154. The lowest BCUT2D eigenvalue weighted by Gasteiger charge is -2.15. The molecule has 7 heteroatoms. The van der Waals surface area contributed by atoms with Crippen LogP contribution < -0.4 is 9.47 Å². The second-order valence-corrected chi connectivity index (χ2v) is 9.48. The van der Waals surface area contributed by atoms with E-state index in [1.807, 2.05) is 55.5 Å². The number of ether oxygens (including phenoxy) is 3. The van der Waals surface area contributed by atoms with Gasteiger partial charge in [0.1, 0.15) is 6.61 Å². The van der Waals surface area contributed by atoms with Crippen molar-refractivity contribution in [2.75, 3.05) is 6.61 Å². The molecule has 1 heterocycles. The van der Waals surface area contributed by atoms with Gasteiger partial charge < -0.3 is 14.2 Å². The van der Waals surface area contributed by atoms with Crippen molar-refractivity contribution in [1.29, 1.82) is 0 Å². The third-order valence-corrected chi connectivity index (χ3v) is 6.16. The summed E-state index contributed by atoms with van der Waals surface area (Å²) in [6, 6.07) is 19.5. The van der Waals surface area contributed by atoms with Gasteiger partial charge in [0, 0.05) is 9.13 Å². The first-order chi connectivity index (χ1) is 15.9. The van der Waals surface area contributed by atoms with Gasteiger partial charge in [0.2, 0.25) is 5.90 Å². The van der Waals surface area contributed by atoms with Crippen LogP contribution in [0.3, 0.4) is 0 Å². The Balaban J connectivity index is 1.60. The van der Waals surface area contributed by atoms with Gasteiger partial charge in [-0.15, -0.1) is 0 Å². The Hall–Kier alpha value is -2.65. The number of rotatable bonds is 7. The Morgan fingerprint density at radius 3 is 2.48 bits per heavy atom. The van der Waals surface area contributed by atoms with Crippen molar-refractivity contribution < 1.29 is 19.0 Å². The maximum Gasteiger partial charge on any atom is 0.363 e. The quantitative estimate of drug-likeness (QED) is 0.169. The summed E-state index contributed by atoms with van der Waals surface area (Å²) in [7, 11) is 0. The lowest BCUT2D eigenvalue weighted by molar-refractivity contribution is -0.129. The van der Waals surface area contributed by atoms with E-state index in [1.165, 1.54) is 5.56 Å². The van der Waals surface area contributed by atoms with Crippen molar-refractivity contribution in [3.63, 3.8) is 0 Å². The number of carbonyl (C=O) groups excluding carboxylic acids is 1. The first-order valence-electron chi connectivity index (χ1n) is 10.4. The van der Waals surface area contributed by atoms with Gasteiger partial charge in [-0.25, -0.2) is 9.79 Å². The van der Waals surface area contributed by atoms with Crippen molar-refractivity contribution in [2.45, 2.75) is 20.5 Å². The molecule has 0 saturated heterocycles. The van der Waals surface area contributed by atoms with Gasteiger partial charge in [-0.2, -0.15) is 0 Å². The summed E-state index contributed by atoms with van der Waals surface area (Å²) in [6.45, 7) is 4.85. The molecule has 1 aliphatic heterocycles. The molecule has 0 saturated carbocycles. The predicted octanol–water partition coefficient (Wildman–Crippen LogP) is 6.68. The van der Waals surface area contributed by atoms with E-state index < -0.39 is 5.97 Å². The Kier molecular flexibility index (Phi) is 7.49. The van der Waals surface area contributed by atoms with E-state index in [1.54, 1.807) is 6.08 Å². The summed E-state index contributed by atoms with van der Waals surface area (Å²) >= 11 is 5.81. The molecule has 0 unspecified atom stereocenters. The summed E-state index contributed by atoms with van der Waals surface area (Å²) in [6.07, 6.45) is 1.68. The third kappa shape index (κ3) is 5.83. The minimum absolute atomic E-state index is 0.228. The Morgan fingerprint density at radius 1 is 1.06 bits per heavy atom. The first kappa shape index (κ1) is 23.5. The number of carbonyl (C=O) groups is 1. The smallest absolute Gasteiger partial charge is 0.363 e. The van der Waals surface area contributed by atoms with E-state index in [0.29, 0.717) is 30.6 Å². The molecular formula is C26H21BrINO4. The molecule has 0 bridgehead atoms. The summed E-state index contributed by atoms with van der Waals surface area (Å²) in [5.74, 6) is 0.998. The maximum atomic E-state index is 12.4. The van der Waals surface area contributed by atoms with Gasteiger partial charge in [-0.05, 0) is 106 Å². The summed E-state index contributed by atoms with van der Waals surface area (Å²) in [5, 5.41) is 0. The molecule has 33 heavy (non-hydrogen) atoms. The Bertz CT molecular complexity index is 1230. The van der Waals surface area contributed by atoms with Gasteiger partial charge in [0.25, 0.3) is 0 Å². The number of hydrogen-bond donors (Lipinski definition) is 0. The molecule has 4 rings (SSSR count). The van der Waals surface area contributed by atoms with Crippen LogP contribution >= 0.6 is 38.5 Å². The number of esters is 1. The zero-order valence-electron chi connectivity index (χ0n) is 18.1. The van der Waals surface area contributed by atoms with Crippen molar-refractivity contribution in [1.82, 2.24) is 0 Å². The summed E-state index contributed by atoms with van der Waals surface area (Å²) in [4.78, 5) is 16.8. The van der Waals surface area contributed by atoms with Crippen LogP contribution in [0, 0.1) is 10.5 Å². The van der Waals surface area contributed by atoms with Crippen LogP contribution in [-0.2, 0) is 16.1 Å². The first-order valence-corrected chi connectivity index (χ1v) is 12.2. The van der Waals surface area contributed by atoms with Gasteiger partial charge in [-0.3, -0.25) is 0 Å². The molecular weight excluding hydrogens is 597 g/mol. The maximum absolute atomic E-state index is 12.4. The molecule has 168 valence electrons. The van der Waals surface area contributed by atoms with Crippen LogP contribution in [0.4, 0.5) is 0 Å². The van der Waals surface area contributed by atoms with E-state index >= 15 is 0 Å². The molecule has 0 radical (unpaired) electrons. The largest absolute Gasteiger partial charge is 0.490 e. The molecule has 0 spiro atoms. The van der Waals surface area contributed by atoms with Gasteiger partial charge in [-0.1, -0.05) is 29.8 Å². The van der Waals surface area contributed by atoms with Crippen LogP contribution in [0.1, 0.15) is 29.2 Å². The molecule has 0 aromatic heterocycles. The standard InChI is InChI=1S/C26H21BrINO4/c1-3-31-23-14-18(12-21(27)24(23)32-15-17-6-4-16(2)5-7-17)13-22-26(30)33-25(29-22)19-8-10-20(28)11-9-19/h4-14H,3,15H2,1-2H3/b22-13-. The highest BCUT2D eigenvalue weighted by Gasteiger charge is 2.24. The van der Waals surface area contributed by atoms with E-state index in [2.05, 4.69) is 62.6 Å². The molecule has 0 aliphatic carbocycles. The minimum Gasteiger partial charge on any atom is -0.490 e. The summed E-state index contributed by atoms with van der Waals surface area (Å²) < 4.78 is 19.1. The van der Waals surface area contributed by atoms with Crippen molar-refractivity contribution >= 4 is 56.5 Å². The lowest BCUT2D eigenvalue weighted by Crippen LogP contribution is -2.05. The normalized spacial score (nSPS) is 14.2. The molecule has 3 aromatic rings. The number of nitrogens with zero attached hydrogens (tertiary/aromatic N) is 1. The predicted molar refractivity (Wildman–Crippen MR) is 141 cm³/mol. The van der Waals surface area contributed by atoms with Gasteiger partial charge >= 0.3 is 5.97 Å². The third-order valence-electron chi connectivity index (χ3n) is 4.85. The second-order valence-electron chi connectivity index (χ2n) is 7.38. The van der Waals surface area contributed by atoms with Crippen LogP contribution in [0.5, 0.6) is 11.5 Å². The second kappa shape index (κ2) is 10.5. The SMILES string of the molecule is CCOc1cc(/C=C2\N=C(c3ccc(I)cc3)OC2=O)cc(Br)c1OCc1ccc(C)cc1. The zero-order valence-corrected chi connectivity index (χ0v) is 21.8. The van der Waals surface area contributed by atoms with Crippen molar-refractivity contribution in [3.05, 3.63) is 96.7 Å². The van der Waals surface area contributed by atoms with E-state index in [9.17, 15) is 4.79 Å². The topological polar surface area (TPSA) is 57.1 Å². The number of hydrogen-bond acceptors (Lipinski definition) is 5. The van der Waals surface area contributed by atoms with Gasteiger partial charge in [0.05, 0.1) is 11.1 Å². The summed E-state index contributed by atoms with van der Waals surface area (Å²) in [5.41, 5.74) is 3.99. The molecule has 0 N–H and O–H groups in total. The van der Waals surface area contributed by atoms with E-state index in [0.717, 1.165) is 24.7 Å². The molecule has 0 atom stereocenters. The fourth-order valence-corrected chi connectivity index (χ4v) is 4.13. The highest BCUT2D eigenvalue weighted by Crippen LogP contribution is 2.38. The molecule has 3 aromatic carbocycles. The molecule has 1 aliphatic rings. The van der Waals surface area contributed by atoms with Crippen LogP contribution in [0.25, 0.3) is 6.08 Å². The highest BCUT2D eigenvalue weighted by molar-refractivity contribution is 14.1. The van der Waals surface area contributed by atoms with Crippen molar-refractivity contribution in [3.8, 4) is 11.5 Å². The monoisotopic (exact) mass is 617 g/mol. The minimum atomic E-state index is -0.489. The number of halogens is 2. The highest BCUT2D eigenvalue weighted by atomic mass is 127. The fourth-order valence-electron chi connectivity index (χ4n) is 3.20. The number of aryl methyl sites for hydroxylation is 1. The molecule has 0 fully saturated rings. The molecule has 0 amide bonds. The average Bonchev–Trinajstić information content (AvgIpc) is 3.15. The Morgan fingerprint density at radius 2 is 1.79 bits per heavy atom. The van der Waals surface area contributed by atoms with E-state index in [4.69, 9.17) is 14.2 Å². The molecule has 5 nitrogen and oxygen atoms in total. The number of benzene rings is 3. The zero-order chi connectivity index (χ0) is 23.4. The van der Waals surface area contributed by atoms with Crippen molar-refractivity contribution in [2.24, 2.45) is 4.99 Å². The van der Waals surface area contributed by atoms with Crippen LogP contribution in [0.15, 0.2) is 75.8 Å². The number of cyclic esters (lactones) is 1. The van der Waals surface area contributed by atoms with Crippen LogP contribution in [0.2, 0.25) is 0 Å².